The van der Waals surface area contributed by atoms with Gasteiger partial charge in [0.15, 0.2) is 17.3 Å². The number of nitrogens with one attached hydrogen (secondary N) is 1. The van der Waals surface area contributed by atoms with Gasteiger partial charge < -0.3 is 9.47 Å². The van der Waals surface area contributed by atoms with Crippen LogP contribution in [0.5, 0.6) is 11.5 Å². The number of benzene rings is 2. The highest BCUT2D eigenvalue weighted by atomic mass is 32.2. The summed E-state index contributed by atoms with van der Waals surface area (Å²) in [5.74, 6) is 0.914. The first-order valence-corrected chi connectivity index (χ1v) is 9.37. The van der Waals surface area contributed by atoms with E-state index in [2.05, 4.69) is 10.1 Å². The van der Waals surface area contributed by atoms with Crippen molar-refractivity contribution in [1.29, 1.82) is 5.41 Å². The van der Waals surface area contributed by atoms with Gasteiger partial charge in [-0.15, -0.1) is 0 Å². The Kier molecular flexibility index (Phi) is 3.80. The molecule has 3 heterocycles. The van der Waals surface area contributed by atoms with Crippen molar-refractivity contribution in [2.24, 2.45) is 10.1 Å². The van der Waals surface area contributed by atoms with E-state index in [1.165, 1.54) is 16.8 Å². The lowest BCUT2D eigenvalue weighted by Crippen LogP contribution is -2.35. The highest BCUT2D eigenvalue weighted by Gasteiger charge is 2.36. The minimum atomic E-state index is -0.438. The first-order valence-electron chi connectivity index (χ1n) is 8.55. The van der Waals surface area contributed by atoms with Gasteiger partial charge in [0.2, 0.25) is 12.0 Å². The summed E-state index contributed by atoms with van der Waals surface area (Å²) in [6.07, 6.45) is 1.67. The molecule has 138 valence electrons. The van der Waals surface area contributed by atoms with E-state index >= 15 is 0 Å². The Bertz CT molecular complexity index is 1120. The van der Waals surface area contributed by atoms with Crippen LogP contribution in [0, 0.1) is 12.3 Å². The lowest BCUT2D eigenvalue weighted by molar-refractivity contribution is -0.114. The third kappa shape index (κ3) is 2.78. The average molecular weight is 390 g/mol. The molecule has 0 aromatic heterocycles. The molecule has 0 fully saturated rings. The number of amides is 1. The molecule has 0 unspecified atom stereocenters. The summed E-state index contributed by atoms with van der Waals surface area (Å²) >= 11 is 1.25. The van der Waals surface area contributed by atoms with Crippen molar-refractivity contribution in [2.75, 3.05) is 6.79 Å². The average Bonchev–Trinajstić information content (AvgIpc) is 3.32. The highest BCUT2D eigenvalue weighted by Crippen LogP contribution is 2.36. The zero-order valence-electron chi connectivity index (χ0n) is 14.8. The maximum atomic E-state index is 12.5. The van der Waals surface area contributed by atoms with Crippen molar-refractivity contribution >= 4 is 39.8 Å². The standard InChI is InChI=1S/C20H14N4O3S/c1-11-2-4-12(5-3-11)8-14-17(21)24-20(22-18(14)25)28-19(23-24)13-6-7-15-16(9-13)27-10-26-15/h2-9,21H,10H2,1H3/b14-8+,21-17?. The van der Waals surface area contributed by atoms with Gasteiger partial charge in [-0.3, -0.25) is 10.2 Å². The Morgan fingerprint density at radius 1 is 1.14 bits per heavy atom. The van der Waals surface area contributed by atoms with E-state index in [1.807, 2.05) is 49.4 Å². The van der Waals surface area contributed by atoms with E-state index < -0.39 is 5.91 Å². The van der Waals surface area contributed by atoms with Gasteiger partial charge in [0.05, 0.1) is 5.57 Å². The summed E-state index contributed by atoms with van der Waals surface area (Å²) in [7, 11) is 0. The molecule has 28 heavy (non-hydrogen) atoms. The Balaban J connectivity index is 1.48. The monoisotopic (exact) mass is 390 g/mol. The number of ether oxygens (including phenoxy) is 2. The second-order valence-electron chi connectivity index (χ2n) is 6.40. The van der Waals surface area contributed by atoms with Gasteiger partial charge in [-0.25, -0.2) is 0 Å². The molecule has 0 aliphatic carbocycles. The van der Waals surface area contributed by atoms with E-state index in [0.717, 1.165) is 16.7 Å². The van der Waals surface area contributed by atoms with E-state index in [4.69, 9.17) is 14.9 Å². The number of hydrazone groups is 1. The topological polar surface area (TPSA) is 87.3 Å². The van der Waals surface area contributed by atoms with Gasteiger partial charge in [-0.2, -0.15) is 15.1 Å². The molecule has 0 saturated heterocycles. The predicted molar refractivity (Wildman–Crippen MR) is 108 cm³/mol. The molecule has 0 bridgehead atoms. The van der Waals surface area contributed by atoms with Crippen LogP contribution in [0.2, 0.25) is 0 Å². The zero-order valence-corrected chi connectivity index (χ0v) is 15.6. The molecule has 2 aromatic rings. The molecule has 3 aliphatic rings. The van der Waals surface area contributed by atoms with Gasteiger partial charge in [0.1, 0.15) is 5.04 Å². The Morgan fingerprint density at radius 2 is 1.93 bits per heavy atom. The summed E-state index contributed by atoms with van der Waals surface area (Å²) in [4.78, 5) is 16.6. The fourth-order valence-electron chi connectivity index (χ4n) is 2.97. The number of carbonyl (C=O) groups excluding carboxylic acids is 1. The quantitative estimate of drug-likeness (QED) is 0.794. The number of aliphatic imine (C=N–C) groups is 1. The summed E-state index contributed by atoms with van der Waals surface area (Å²) in [6, 6.07) is 13.2. The van der Waals surface area contributed by atoms with Crippen molar-refractivity contribution < 1.29 is 14.3 Å². The molecule has 0 saturated carbocycles. The largest absolute Gasteiger partial charge is 0.454 e. The highest BCUT2D eigenvalue weighted by molar-refractivity contribution is 8.27. The van der Waals surface area contributed by atoms with Crippen molar-refractivity contribution in [3.63, 3.8) is 0 Å². The van der Waals surface area contributed by atoms with Crippen molar-refractivity contribution in [3.05, 3.63) is 64.7 Å². The molecule has 8 heteroatoms. The van der Waals surface area contributed by atoms with Crippen LogP contribution >= 0.6 is 11.8 Å². The number of rotatable bonds is 2. The molecule has 5 rings (SSSR count). The molecule has 0 spiro atoms. The van der Waals surface area contributed by atoms with E-state index in [9.17, 15) is 4.79 Å². The SMILES string of the molecule is Cc1ccc(/C=C2\C(=N)N3N=C(c4ccc5c(c4)OCO5)SC3=NC2=O)cc1. The number of amidine groups is 2. The predicted octanol–water partition coefficient (Wildman–Crippen LogP) is 3.39. The van der Waals surface area contributed by atoms with E-state index in [1.54, 1.807) is 6.08 Å². The molecule has 3 aliphatic heterocycles. The maximum absolute atomic E-state index is 12.5. The Hall–Kier alpha value is -3.39. The molecule has 0 atom stereocenters. The van der Waals surface area contributed by atoms with Crippen LogP contribution in [0.4, 0.5) is 0 Å². The molecule has 1 N–H and O–H groups in total. The van der Waals surface area contributed by atoms with Crippen molar-refractivity contribution in [2.45, 2.75) is 6.92 Å². The van der Waals surface area contributed by atoms with E-state index in [0.29, 0.717) is 21.7 Å². The van der Waals surface area contributed by atoms with Crippen LogP contribution in [0.25, 0.3) is 6.08 Å². The van der Waals surface area contributed by atoms with Crippen molar-refractivity contribution in [1.82, 2.24) is 5.01 Å². The summed E-state index contributed by atoms with van der Waals surface area (Å²) in [6.45, 7) is 2.19. The number of hydrogen-bond donors (Lipinski definition) is 1. The fourth-order valence-corrected chi connectivity index (χ4v) is 3.86. The Labute approximate surface area is 164 Å². The number of aryl methyl sites for hydroxylation is 1. The minimum absolute atomic E-state index is 0.0128. The summed E-state index contributed by atoms with van der Waals surface area (Å²) < 4.78 is 10.7. The zero-order chi connectivity index (χ0) is 19.3. The molecule has 7 nitrogen and oxygen atoms in total. The van der Waals surface area contributed by atoms with Crippen LogP contribution < -0.4 is 9.47 Å². The summed E-state index contributed by atoms with van der Waals surface area (Å²) in [5.41, 5.74) is 2.99. The lowest BCUT2D eigenvalue weighted by Gasteiger charge is -2.20. The molecule has 0 radical (unpaired) electrons. The van der Waals surface area contributed by atoms with Gasteiger partial charge in [0.25, 0.3) is 5.91 Å². The molecular weight excluding hydrogens is 376 g/mol. The number of nitrogens with zero attached hydrogens (tertiary/aromatic N) is 3. The normalized spacial score (nSPS) is 19.0. The third-order valence-corrected chi connectivity index (χ3v) is 5.42. The van der Waals surface area contributed by atoms with Crippen LogP contribution in [0.1, 0.15) is 16.7 Å². The summed E-state index contributed by atoms with van der Waals surface area (Å²) in [5, 5.41) is 15.4. The van der Waals surface area contributed by atoms with Gasteiger partial charge in [-0.1, -0.05) is 29.8 Å². The molecular formula is C20H14N4O3S. The second kappa shape index (κ2) is 6.35. The number of carbonyl (C=O) groups is 1. The maximum Gasteiger partial charge on any atom is 0.283 e. The smallest absolute Gasteiger partial charge is 0.283 e. The van der Waals surface area contributed by atoms with Crippen LogP contribution in [-0.2, 0) is 4.79 Å². The van der Waals surface area contributed by atoms with Gasteiger partial charge in [0, 0.05) is 5.56 Å². The van der Waals surface area contributed by atoms with Crippen LogP contribution in [0.15, 0.2) is 58.1 Å². The first-order chi connectivity index (χ1) is 13.6. The Morgan fingerprint density at radius 3 is 2.75 bits per heavy atom. The fraction of sp³-hybridized carbons (Fsp3) is 0.100. The van der Waals surface area contributed by atoms with Crippen LogP contribution in [0.3, 0.4) is 0 Å². The number of fused-ring (bicyclic) bond motifs is 2. The number of hydrogen-bond acceptors (Lipinski definition) is 6. The van der Waals surface area contributed by atoms with Gasteiger partial charge in [-0.05, 0) is 48.5 Å². The third-order valence-electron chi connectivity index (χ3n) is 4.46. The minimum Gasteiger partial charge on any atom is -0.454 e. The van der Waals surface area contributed by atoms with Gasteiger partial charge >= 0.3 is 0 Å². The molecule has 2 aromatic carbocycles. The van der Waals surface area contributed by atoms with Crippen LogP contribution in [-0.4, -0.2) is 33.8 Å². The molecule has 1 amide bonds. The van der Waals surface area contributed by atoms with E-state index in [-0.39, 0.29) is 18.2 Å². The van der Waals surface area contributed by atoms with Crippen molar-refractivity contribution in [3.8, 4) is 11.5 Å². The lowest BCUT2D eigenvalue weighted by atomic mass is 10.1. The second-order valence-corrected chi connectivity index (χ2v) is 7.36. The first kappa shape index (κ1) is 16.8. The number of thioether (sulfide) groups is 1.